The lowest BCUT2D eigenvalue weighted by atomic mass is 9.86. The molecule has 34 heteroatoms. The quantitative estimate of drug-likeness (QED) is 0.104. The highest BCUT2D eigenvalue weighted by Crippen LogP contribution is 2.53. The number of carbonyl (C=O) groups excluding carboxylic acids is 12. The summed E-state index contributed by atoms with van der Waals surface area (Å²) >= 11 is 0. The second-order valence-corrected chi connectivity index (χ2v) is 31.8. The summed E-state index contributed by atoms with van der Waals surface area (Å²) in [7, 11) is 0. The van der Waals surface area contributed by atoms with Crippen LogP contribution in [0.2, 0.25) is 0 Å². The van der Waals surface area contributed by atoms with E-state index >= 15 is 19.2 Å². The van der Waals surface area contributed by atoms with Crippen molar-refractivity contribution in [2.45, 2.75) is 256 Å². The van der Waals surface area contributed by atoms with Crippen LogP contribution in [0.25, 0.3) is 11.1 Å². The Morgan fingerprint density at radius 1 is 0.425 bits per heavy atom. The van der Waals surface area contributed by atoms with Gasteiger partial charge in [-0.3, -0.25) is 58.0 Å². The third kappa shape index (κ3) is 15.6. The Morgan fingerprint density at radius 2 is 0.755 bits per heavy atom. The Hall–Kier alpha value is -8.64. The van der Waals surface area contributed by atoms with Crippen molar-refractivity contribution in [2.75, 3.05) is 23.7 Å². The van der Waals surface area contributed by atoms with Gasteiger partial charge >= 0.3 is 11.9 Å². The number of hydrazine groups is 2. The highest BCUT2D eigenvalue weighted by atomic mass is 16.6. The summed E-state index contributed by atoms with van der Waals surface area (Å²) in [5.41, 5.74) is 2.62. The average molecular weight is 1490 g/mol. The van der Waals surface area contributed by atoms with Crippen molar-refractivity contribution < 1.29 is 97.6 Å². The van der Waals surface area contributed by atoms with E-state index in [-0.39, 0.29) is 73.1 Å². The maximum absolute atomic E-state index is 15.5. The number of aliphatic hydroxyl groups is 6. The van der Waals surface area contributed by atoms with Crippen LogP contribution in [0, 0.1) is 35.5 Å². The number of hydrogen-bond donors (Lipinski definition) is 16. The van der Waals surface area contributed by atoms with Crippen LogP contribution in [0.1, 0.15) is 147 Å². The molecule has 0 radical (unpaired) electrons. The minimum atomic E-state index is -2.21. The fraction of sp³-hybridized carbons (Fsp3) is 0.667. The van der Waals surface area contributed by atoms with Crippen molar-refractivity contribution >= 4 is 82.4 Å². The SMILES string of the molecule is CC(C)C[C@@H]1NC(=O)C2C[C@@H](O)CNN2C(=O)[C@H](C(C)C)OC(=O)[C@@H](C(C)C)NC(=O)C2C[C@@]3(O)c4cc(-c5ccc6c(c5)[C@]5(O)C[C@@H]7C(=O)N[C@H](C(C)C)C(=O)O[C@@H](C(C)C)C(=O)N8NC[C@H](O)CC8C(=O)N[C@@H](CC(C)C)C(=O)N[C@H]([C@H](C)O)C(=O)N7C5N6)ccc4NC3N2C(=O)C([C@H](C)O)NC1=O. The Bertz CT molecular complexity index is 3540. The molecule has 0 bridgehead atoms. The first-order valence-electron chi connectivity index (χ1n) is 36.7. The maximum Gasteiger partial charge on any atom is 0.329 e. The predicted octanol–water partition coefficient (Wildman–Crippen LogP) is -2.40. The molecule has 8 aliphatic rings. The van der Waals surface area contributed by atoms with Crippen LogP contribution in [-0.2, 0) is 78.2 Å². The molecule has 2 aromatic carbocycles. The number of carbonyl (C=O) groups is 12. The van der Waals surface area contributed by atoms with E-state index in [2.05, 4.69) is 53.4 Å². The van der Waals surface area contributed by atoms with Crippen molar-refractivity contribution in [3.63, 3.8) is 0 Å². The number of anilines is 2. The number of amides is 10. The molecule has 10 rings (SSSR count). The van der Waals surface area contributed by atoms with Gasteiger partial charge in [-0.2, -0.15) is 0 Å². The zero-order valence-corrected chi connectivity index (χ0v) is 62.2. The number of ether oxygens (including phenoxy) is 2. The number of β-amino-alcohol motifs (C(OH)–C–C–N with tert-alkyl or cyclic N) is 2. The van der Waals surface area contributed by atoms with E-state index in [0.717, 1.165) is 19.8 Å². The van der Waals surface area contributed by atoms with E-state index in [4.69, 9.17) is 9.47 Å². The number of nitrogens with one attached hydrogen (secondary N) is 10. The standard InChI is InChI=1S/C72H104N14O20/c1-29(2)19-45-57(91)81-53(35(13)87)63(97)83-49(61(95)79-51(31(5)6)67(101)105-55(33(9)10)65(99)85-47(59(93)75-45)23-39(89)27-73-85)25-71(103)41-21-37(15-17-43(41)77-69(71)83)38-16-18-44-42(22-38)72(104)26-50-62(96)80-52(32(7)8)68(102)106-56(34(11)12)66(100)86-48(24-40(90)28-74-86)60(94)76-46(20-30(3)4)58(92)82-54(36(14)88)64(98)84(50)70(72)78-44/h15-18,21-22,29-36,39-40,45-56,69-70,73-74,77-78,87-90,103-104H,19-20,23-28H2,1-14H3,(H,75,93)(H,76,94)(H,79,95)(H,80,96)(H,81,91)(H,82,92)/t35-,36-,39+,40+,45-,46-,47?,48?,49+,50?,51+,52+,53+,54?,55-,56-,69?,70?,71+,72+/m0/s1. The minimum Gasteiger partial charge on any atom is -0.450 e. The van der Waals surface area contributed by atoms with Crippen molar-refractivity contribution in [1.82, 2.24) is 62.6 Å². The summed E-state index contributed by atoms with van der Waals surface area (Å²) < 4.78 is 11.9. The summed E-state index contributed by atoms with van der Waals surface area (Å²) in [6.07, 6.45) is -13.7. The average Bonchev–Trinajstić information content (AvgIpc) is 1.55. The first-order chi connectivity index (χ1) is 49.7. The van der Waals surface area contributed by atoms with Crippen LogP contribution in [-0.4, -0.2) is 244 Å². The fourth-order valence-electron chi connectivity index (χ4n) is 15.5. The molecular weight excluding hydrogens is 1380 g/mol. The fourth-order valence-corrected chi connectivity index (χ4v) is 15.5. The van der Waals surface area contributed by atoms with Crippen LogP contribution >= 0.6 is 0 Å². The van der Waals surface area contributed by atoms with Gasteiger partial charge in [-0.25, -0.2) is 20.4 Å². The van der Waals surface area contributed by atoms with Gasteiger partial charge in [0.25, 0.3) is 11.8 Å². The number of rotatable bonds is 11. The largest absolute Gasteiger partial charge is 0.450 e. The monoisotopic (exact) mass is 1480 g/mol. The van der Waals surface area contributed by atoms with Gasteiger partial charge < -0.3 is 92.4 Å². The lowest BCUT2D eigenvalue weighted by Crippen LogP contribution is -2.67. The Kier molecular flexibility index (Phi) is 23.6. The molecule has 6 saturated heterocycles. The first-order valence-corrected chi connectivity index (χ1v) is 36.7. The molecule has 0 saturated carbocycles. The zero-order valence-electron chi connectivity index (χ0n) is 62.2. The molecule has 0 aliphatic carbocycles. The van der Waals surface area contributed by atoms with Crippen LogP contribution in [0.15, 0.2) is 36.4 Å². The smallest absolute Gasteiger partial charge is 0.329 e. The van der Waals surface area contributed by atoms with Crippen molar-refractivity contribution in [2.24, 2.45) is 35.5 Å². The topological polar surface area (TPSA) is 478 Å². The first kappa shape index (κ1) is 79.9. The van der Waals surface area contributed by atoms with E-state index in [0.29, 0.717) is 11.1 Å². The van der Waals surface area contributed by atoms with E-state index in [9.17, 15) is 69.0 Å². The molecule has 6 unspecified atom stereocenters. The number of hydrogen-bond acceptors (Lipinski definition) is 24. The molecule has 20 atom stereocenters. The Labute approximate surface area is 614 Å². The highest BCUT2D eigenvalue weighted by Gasteiger charge is 2.64. The molecule has 34 nitrogen and oxygen atoms in total. The molecule has 2 aromatic rings. The van der Waals surface area contributed by atoms with Gasteiger partial charge in [0.1, 0.15) is 84.0 Å². The zero-order chi connectivity index (χ0) is 77.9. The third-order valence-electron chi connectivity index (χ3n) is 21.2. The summed E-state index contributed by atoms with van der Waals surface area (Å²) in [4.78, 5) is 180. The molecular formula is C72H104N14O20. The predicted molar refractivity (Wildman–Crippen MR) is 376 cm³/mol. The van der Waals surface area contributed by atoms with Gasteiger partial charge in [-0.05, 0) is 97.6 Å². The number of benzene rings is 2. The second-order valence-electron chi connectivity index (χ2n) is 31.8. The molecule has 16 N–H and O–H groups in total. The lowest BCUT2D eigenvalue weighted by molar-refractivity contribution is -0.172. The molecule has 8 aliphatic heterocycles. The van der Waals surface area contributed by atoms with Crippen LogP contribution in [0.4, 0.5) is 11.4 Å². The molecule has 106 heavy (non-hydrogen) atoms. The summed E-state index contributed by atoms with van der Waals surface area (Å²) in [5, 5.41) is 95.6. The van der Waals surface area contributed by atoms with Crippen LogP contribution in [0.3, 0.4) is 0 Å². The van der Waals surface area contributed by atoms with Crippen molar-refractivity contribution in [1.29, 1.82) is 0 Å². The Balaban J connectivity index is 1.01. The third-order valence-corrected chi connectivity index (χ3v) is 21.2. The molecule has 8 heterocycles. The summed E-state index contributed by atoms with van der Waals surface area (Å²) in [6.45, 7) is 21.9. The molecule has 582 valence electrons. The van der Waals surface area contributed by atoms with Gasteiger partial charge in [-0.15, -0.1) is 0 Å². The number of nitrogens with zero attached hydrogens (tertiary/aromatic N) is 4. The second kappa shape index (κ2) is 31.3. The molecule has 0 aromatic heterocycles. The number of aliphatic hydroxyl groups excluding tert-OH is 4. The van der Waals surface area contributed by atoms with Crippen molar-refractivity contribution in [3.8, 4) is 11.1 Å². The molecule has 6 fully saturated rings. The normalized spacial score (nSPS) is 33.7. The highest BCUT2D eigenvalue weighted by molar-refractivity contribution is 6.01. The van der Waals surface area contributed by atoms with E-state index in [1.165, 1.54) is 13.8 Å². The number of fused-ring (bicyclic) bond motifs is 12. The maximum atomic E-state index is 15.5. The van der Waals surface area contributed by atoms with E-state index < -0.39 is 228 Å². The van der Waals surface area contributed by atoms with E-state index in [1.54, 1.807) is 119 Å². The number of esters is 2. The van der Waals surface area contributed by atoms with Crippen LogP contribution < -0.4 is 53.4 Å². The summed E-state index contributed by atoms with van der Waals surface area (Å²) in [6, 6.07) is -6.29. The van der Waals surface area contributed by atoms with Gasteiger partial charge in [0.15, 0.2) is 12.2 Å². The molecule has 0 spiro atoms. The molecule has 10 amide bonds. The van der Waals surface area contributed by atoms with Crippen molar-refractivity contribution in [3.05, 3.63) is 47.5 Å². The number of cyclic esters (lactones) is 2. The summed E-state index contributed by atoms with van der Waals surface area (Å²) in [5.74, 6) is -15.1. The van der Waals surface area contributed by atoms with Crippen LogP contribution in [0.5, 0.6) is 0 Å². The van der Waals surface area contributed by atoms with Gasteiger partial charge in [0.2, 0.25) is 47.3 Å². The Morgan fingerprint density at radius 3 is 1.07 bits per heavy atom. The van der Waals surface area contributed by atoms with E-state index in [1.807, 2.05) is 0 Å². The lowest BCUT2D eigenvalue weighted by Gasteiger charge is -2.40. The van der Waals surface area contributed by atoms with Gasteiger partial charge in [0, 0.05) is 61.3 Å². The minimum absolute atomic E-state index is 0.0334. The van der Waals surface area contributed by atoms with Gasteiger partial charge in [0.05, 0.1) is 24.4 Å². The van der Waals surface area contributed by atoms with Gasteiger partial charge in [-0.1, -0.05) is 95.2 Å².